The third-order valence-electron chi connectivity index (χ3n) is 2.83. The number of amides is 2. The zero-order valence-electron chi connectivity index (χ0n) is 11.1. The predicted octanol–water partition coefficient (Wildman–Crippen LogP) is 2.05. The maximum atomic E-state index is 11.7. The van der Waals surface area contributed by atoms with Gasteiger partial charge in [0.15, 0.2) is 0 Å². The van der Waals surface area contributed by atoms with E-state index in [1.54, 1.807) is 7.05 Å². The Kier molecular flexibility index (Phi) is 4.24. The van der Waals surface area contributed by atoms with E-state index in [4.69, 9.17) is 9.52 Å². The number of urea groups is 1. The Morgan fingerprint density at radius 1 is 1.35 bits per heavy atom. The molecule has 1 heterocycles. The zero-order valence-corrected chi connectivity index (χ0v) is 11.1. The number of carboxylic acids is 1. The molecule has 1 aromatic carbocycles. The predicted molar refractivity (Wildman–Crippen MR) is 73.3 cm³/mol. The number of hydrogen-bond donors (Lipinski definition) is 2. The fourth-order valence-electron chi connectivity index (χ4n) is 1.83. The lowest BCUT2D eigenvalue weighted by molar-refractivity contribution is -0.136. The first-order valence-corrected chi connectivity index (χ1v) is 6.24. The molecule has 106 valence electrons. The maximum absolute atomic E-state index is 11.7. The second kappa shape index (κ2) is 6.10. The van der Waals surface area contributed by atoms with E-state index in [9.17, 15) is 9.59 Å². The normalized spacial score (nSPS) is 10.4. The quantitative estimate of drug-likeness (QED) is 0.875. The van der Waals surface area contributed by atoms with Crippen molar-refractivity contribution in [3.8, 4) is 0 Å². The standard InChI is InChI=1S/C14H16N2O4/c1-16(14(19)15-7-6-13(17)18)9-11-8-10-4-2-3-5-12(10)20-11/h2-5,8H,6-7,9H2,1H3,(H,15,19)(H,17,18). The summed E-state index contributed by atoms with van der Waals surface area (Å²) in [5.41, 5.74) is 0.780. The molecule has 0 saturated carbocycles. The van der Waals surface area contributed by atoms with Crippen LogP contribution < -0.4 is 5.32 Å². The van der Waals surface area contributed by atoms with E-state index in [0.29, 0.717) is 12.3 Å². The number of para-hydroxylation sites is 1. The van der Waals surface area contributed by atoms with Crippen molar-refractivity contribution in [3.05, 3.63) is 36.1 Å². The highest BCUT2D eigenvalue weighted by Gasteiger charge is 2.12. The van der Waals surface area contributed by atoms with Crippen LogP contribution in [-0.4, -0.2) is 35.6 Å². The van der Waals surface area contributed by atoms with E-state index >= 15 is 0 Å². The van der Waals surface area contributed by atoms with Crippen molar-refractivity contribution in [2.45, 2.75) is 13.0 Å². The van der Waals surface area contributed by atoms with Crippen LogP contribution in [0.5, 0.6) is 0 Å². The summed E-state index contributed by atoms with van der Waals surface area (Å²) >= 11 is 0. The average molecular weight is 276 g/mol. The van der Waals surface area contributed by atoms with Crippen LogP contribution >= 0.6 is 0 Å². The Morgan fingerprint density at radius 2 is 2.10 bits per heavy atom. The number of hydrogen-bond acceptors (Lipinski definition) is 3. The maximum Gasteiger partial charge on any atom is 0.317 e. The van der Waals surface area contributed by atoms with Crippen LogP contribution in [0.25, 0.3) is 11.0 Å². The van der Waals surface area contributed by atoms with Gasteiger partial charge >= 0.3 is 12.0 Å². The zero-order chi connectivity index (χ0) is 14.5. The lowest BCUT2D eigenvalue weighted by Gasteiger charge is -2.16. The van der Waals surface area contributed by atoms with E-state index in [1.807, 2.05) is 30.3 Å². The van der Waals surface area contributed by atoms with Gasteiger partial charge in [0.1, 0.15) is 11.3 Å². The first-order chi connectivity index (χ1) is 9.56. The Balaban J connectivity index is 1.91. The number of nitrogens with one attached hydrogen (secondary N) is 1. The summed E-state index contributed by atoms with van der Waals surface area (Å²) in [7, 11) is 1.63. The summed E-state index contributed by atoms with van der Waals surface area (Å²) in [6, 6.07) is 9.17. The van der Waals surface area contributed by atoms with Gasteiger partial charge in [0.2, 0.25) is 0 Å². The van der Waals surface area contributed by atoms with E-state index in [-0.39, 0.29) is 19.0 Å². The van der Waals surface area contributed by atoms with Crippen molar-refractivity contribution >= 4 is 23.0 Å². The van der Waals surface area contributed by atoms with Crippen molar-refractivity contribution in [1.82, 2.24) is 10.2 Å². The highest BCUT2D eigenvalue weighted by atomic mass is 16.4. The van der Waals surface area contributed by atoms with Gasteiger partial charge in [-0.25, -0.2) is 4.79 Å². The Labute approximate surface area is 116 Å². The highest BCUT2D eigenvalue weighted by Crippen LogP contribution is 2.19. The lowest BCUT2D eigenvalue weighted by atomic mass is 10.2. The van der Waals surface area contributed by atoms with Gasteiger partial charge in [0, 0.05) is 19.0 Å². The number of carboxylic acid groups (broad SMARTS) is 1. The van der Waals surface area contributed by atoms with Gasteiger partial charge in [-0.05, 0) is 12.1 Å². The van der Waals surface area contributed by atoms with Gasteiger partial charge in [0.25, 0.3) is 0 Å². The molecule has 20 heavy (non-hydrogen) atoms. The number of fused-ring (bicyclic) bond motifs is 1. The summed E-state index contributed by atoms with van der Waals surface area (Å²) in [6.45, 7) is 0.437. The highest BCUT2D eigenvalue weighted by molar-refractivity contribution is 5.78. The average Bonchev–Trinajstić information content (AvgIpc) is 2.80. The van der Waals surface area contributed by atoms with Gasteiger partial charge in [-0.1, -0.05) is 18.2 Å². The van der Waals surface area contributed by atoms with Gasteiger partial charge in [-0.15, -0.1) is 0 Å². The Hall–Kier alpha value is -2.50. The largest absolute Gasteiger partial charge is 0.481 e. The first kappa shape index (κ1) is 13.9. The molecule has 0 radical (unpaired) electrons. The van der Waals surface area contributed by atoms with Gasteiger partial charge in [-0.3, -0.25) is 4.79 Å². The first-order valence-electron chi connectivity index (χ1n) is 6.24. The van der Waals surface area contributed by atoms with Crippen LogP contribution in [0.3, 0.4) is 0 Å². The van der Waals surface area contributed by atoms with Crippen LogP contribution in [-0.2, 0) is 11.3 Å². The van der Waals surface area contributed by atoms with E-state index in [1.165, 1.54) is 4.90 Å². The fraction of sp³-hybridized carbons (Fsp3) is 0.286. The van der Waals surface area contributed by atoms with E-state index in [2.05, 4.69) is 5.32 Å². The number of benzene rings is 1. The minimum Gasteiger partial charge on any atom is -0.481 e. The summed E-state index contributed by atoms with van der Waals surface area (Å²) < 4.78 is 5.62. The van der Waals surface area contributed by atoms with E-state index < -0.39 is 5.97 Å². The third kappa shape index (κ3) is 3.50. The smallest absolute Gasteiger partial charge is 0.317 e. The van der Waals surface area contributed by atoms with E-state index in [0.717, 1.165) is 11.0 Å². The molecule has 0 aliphatic heterocycles. The number of aliphatic carboxylic acids is 1. The second-order valence-electron chi connectivity index (χ2n) is 4.48. The molecule has 0 saturated heterocycles. The summed E-state index contributed by atoms with van der Waals surface area (Å²) in [5.74, 6) is -0.257. The van der Waals surface area contributed by atoms with Crippen molar-refractivity contribution in [2.75, 3.05) is 13.6 Å². The van der Waals surface area contributed by atoms with Crippen molar-refractivity contribution < 1.29 is 19.1 Å². The Morgan fingerprint density at radius 3 is 2.80 bits per heavy atom. The van der Waals surface area contributed by atoms with Crippen molar-refractivity contribution in [2.24, 2.45) is 0 Å². The van der Waals surface area contributed by atoms with Gasteiger partial charge in [0.05, 0.1) is 13.0 Å². The molecule has 2 N–H and O–H groups in total. The minimum atomic E-state index is -0.940. The number of carbonyl (C=O) groups excluding carboxylic acids is 1. The van der Waals surface area contributed by atoms with Crippen LogP contribution in [0.15, 0.2) is 34.7 Å². The molecule has 6 heteroatoms. The molecule has 0 aliphatic carbocycles. The minimum absolute atomic E-state index is 0.0930. The molecule has 0 spiro atoms. The SMILES string of the molecule is CN(Cc1cc2ccccc2o1)C(=O)NCCC(=O)O. The number of furan rings is 1. The summed E-state index contributed by atoms with van der Waals surface area (Å²) in [4.78, 5) is 23.5. The molecule has 0 unspecified atom stereocenters. The molecular formula is C14H16N2O4. The number of rotatable bonds is 5. The van der Waals surface area contributed by atoms with Crippen molar-refractivity contribution in [1.29, 1.82) is 0 Å². The number of carbonyl (C=O) groups is 2. The summed E-state index contributed by atoms with van der Waals surface area (Å²) in [6.07, 6.45) is -0.0930. The van der Waals surface area contributed by atoms with Crippen LogP contribution in [0.1, 0.15) is 12.2 Å². The monoisotopic (exact) mass is 276 g/mol. The lowest BCUT2D eigenvalue weighted by Crippen LogP contribution is -2.37. The van der Waals surface area contributed by atoms with Crippen LogP contribution in [0.2, 0.25) is 0 Å². The van der Waals surface area contributed by atoms with Crippen LogP contribution in [0.4, 0.5) is 4.79 Å². The molecule has 0 aliphatic rings. The second-order valence-corrected chi connectivity index (χ2v) is 4.48. The molecule has 2 aromatic rings. The molecule has 0 atom stereocenters. The molecule has 0 fully saturated rings. The molecule has 2 rings (SSSR count). The van der Waals surface area contributed by atoms with Gasteiger partial charge in [-0.2, -0.15) is 0 Å². The van der Waals surface area contributed by atoms with Crippen LogP contribution in [0, 0.1) is 0 Å². The topological polar surface area (TPSA) is 82.8 Å². The molecule has 0 bridgehead atoms. The summed E-state index contributed by atoms with van der Waals surface area (Å²) in [5, 5.41) is 12.0. The number of nitrogens with zero attached hydrogens (tertiary/aromatic N) is 1. The molecule has 6 nitrogen and oxygen atoms in total. The molecule has 2 amide bonds. The van der Waals surface area contributed by atoms with Crippen molar-refractivity contribution in [3.63, 3.8) is 0 Å². The third-order valence-corrected chi connectivity index (χ3v) is 2.83. The van der Waals surface area contributed by atoms with Gasteiger partial charge < -0.3 is 19.7 Å². The fourth-order valence-corrected chi connectivity index (χ4v) is 1.83. The molecular weight excluding hydrogens is 260 g/mol. The molecule has 1 aromatic heterocycles. The Bertz CT molecular complexity index is 587.